The van der Waals surface area contributed by atoms with E-state index in [1.54, 1.807) is 0 Å². The van der Waals surface area contributed by atoms with E-state index in [1.165, 1.54) is 0 Å². The van der Waals surface area contributed by atoms with Gasteiger partial charge in [0, 0.05) is 0 Å². The molecule has 0 aromatic heterocycles. The van der Waals surface area contributed by atoms with Crippen LogP contribution in [0.15, 0.2) is 0 Å². The van der Waals surface area contributed by atoms with E-state index in [-0.39, 0.29) is 24.5 Å². The molecule has 9 heavy (non-hydrogen) atoms. The van der Waals surface area contributed by atoms with E-state index in [2.05, 4.69) is 5.73 Å². The van der Waals surface area contributed by atoms with Gasteiger partial charge in [-0.2, -0.15) is 0 Å². The first-order chi connectivity index (χ1) is 3.18. The predicted molar refractivity (Wildman–Crippen MR) is 35.1 cm³/mol. The lowest BCUT2D eigenvalue weighted by Gasteiger charge is -1.97. The van der Waals surface area contributed by atoms with E-state index in [4.69, 9.17) is 10.8 Å². The molecule has 0 saturated carbocycles. The molecule has 0 aromatic carbocycles. The van der Waals surface area contributed by atoms with E-state index in [1.807, 2.05) is 0 Å². The SMILES string of the molecule is Cl.NC(=O)C(N)CO.O. The van der Waals surface area contributed by atoms with Gasteiger partial charge in [-0.3, -0.25) is 4.79 Å². The topological polar surface area (TPSA) is 121 Å². The van der Waals surface area contributed by atoms with Crippen LogP contribution in [0.2, 0.25) is 0 Å². The van der Waals surface area contributed by atoms with Crippen LogP contribution in [0.4, 0.5) is 0 Å². The molecule has 0 saturated heterocycles. The van der Waals surface area contributed by atoms with Crippen LogP contribution in [-0.2, 0) is 4.79 Å². The van der Waals surface area contributed by atoms with Crippen molar-refractivity contribution in [1.29, 1.82) is 0 Å². The van der Waals surface area contributed by atoms with Crippen LogP contribution in [0.3, 0.4) is 0 Å². The molecule has 0 aliphatic rings. The molecule has 7 N–H and O–H groups in total. The number of hydrogen-bond acceptors (Lipinski definition) is 3. The molecule has 0 bridgehead atoms. The second-order valence-electron chi connectivity index (χ2n) is 1.19. The fourth-order valence-corrected chi connectivity index (χ4v) is 0.0900. The molecule has 0 fully saturated rings. The molecular weight excluding hydrogens is 147 g/mol. The van der Waals surface area contributed by atoms with E-state index >= 15 is 0 Å². The lowest BCUT2D eigenvalue weighted by atomic mass is 10.3. The van der Waals surface area contributed by atoms with Crippen molar-refractivity contribution in [3.63, 3.8) is 0 Å². The molecule has 1 atom stereocenters. The second-order valence-corrected chi connectivity index (χ2v) is 1.19. The molecule has 1 unspecified atom stereocenters. The van der Waals surface area contributed by atoms with Crippen molar-refractivity contribution < 1.29 is 15.4 Å². The second kappa shape index (κ2) is 7.64. The third-order valence-electron chi connectivity index (χ3n) is 0.562. The van der Waals surface area contributed by atoms with Gasteiger partial charge in [-0.05, 0) is 0 Å². The number of carbonyl (C=O) groups is 1. The number of halogens is 1. The lowest BCUT2D eigenvalue weighted by Crippen LogP contribution is -2.39. The van der Waals surface area contributed by atoms with Crippen LogP contribution >= 0.6 is 12.4 Å². The molecule has 0 spiro atoms. The first-order valence-corrected chi connectivity index (χ1v) is 1.84. The number of primary amides is 1. The summed E-state index contributed by atoms with van der Waals surface area (Å²) >= 11 is 0. The maximum absolute atomic E-state index is 9.87. The van der Waals surface area contributed by atoms with Gasteiger partial charge in [-0.1, -0.05) is 0 Å². The summed E-state index contributed by atoms with van der Waals surface area (Å²) in [4.78, 5) is 9.87. The van der Waals surface area contributed by atoms with Crippen LogP contribution < -0.4 is 11.5 Å². The van der Waals surface area contributed by atoms with Crippen molar-refractivity contribution in [2.75, 3.05) is 6.61 Å². The summed E-state index contributed by atoms with van der Waals surface area (Å²) in [5.74, 6) is -0.678. The Morgan fingerprint density at radius 2 is 2.00 bits per heavy atom. The molecule has 0 aliphatic carbocycles. The van der Waals surface area contributed by atoms with Gasteiger partial charge in [-0.25, -0.2) is 0 Å². The highest BCUT2D eigenvalue weighted by Crippen LogP contribution is 1.67. The minimum atomic E-state index is -0.903. The minimum absolute atomic E-state index is 0. The zero-order valence-electron chi connectivity index (χ0n) is 4.70. The summed E-state index contributed by atoms with van der Waals surface area (Å²) < 4.78 is 0. The standard InChI is InChI=1S/C3H8N2O2.ClH.H2O/c4-2(1-6)3(5)7;;/h2,6H,1,4H2,(H2,5,7);1H;1H2. The fraction of sp³-hybridized carbons (Fsp3) is 0.667. The summed E-state index contributed by atoms with van der Waals surface area (Å²) in [6, 6.07) is -0.903. The van der Waals surface area contributed by atoms with Gasteiger partial charge < -0.3 is 22.1 Å². The van der Waals surface area contributed by atoms with Crippen molar-refractivity contribution in [2.24, 2.45) is 11.5 Å². The zero-order valence-corrected chi connectivity index (χ0v) is 5.52. The van der Waals surface area contributed by atoms with Gasteiger partial charge in [0.15, 0.2) is 0 Å². The Hall–Kier alpha value is -0.360. The maximum Gasteiger partial charge on any atom is 0.236 e. The van der Waals surface area contributed by atoms with Gasteiger partial charge in [0.2, 0.25) is 5.91 Å². The Morgan fingerprint density at radius 1 is 1.67 bits per heavy atom. The number of aliphatic hydroxyl groups excluding tert-OH is 1. The molecule has 58 valence electrons. The Bertz CT molecular complexity index is 79.5. The third-order valence-corrected chi connectivity index (χ3v) is 0.562. The van der Waals surface area contributed by atoms with Crippen LogP contribution in [0.25, 0.3) is 0 Å². The highest BCUT2D eigenvalue weighted by molar-refractivity contribution is 5.85. The van der Waals surface area contributed by atoms with Crippen molar-refractivity contribution in [2.45, 2.75) is 6.04 Å². The molecule has 0 heterocycles. The van der Waals surface area contributed by atoms with Gasteiger partial charge in [0.25, 0.3) is 0 Å². The number of aliphatic hydroxyl groups is 1. The number of hydrogen-bond donors (Lipinski definition) is 3. The molecule has 0 aromatic rings. The van der Waals surface area contributed by atoms with E-state index in [0.717, 1.165) is 0 Å². The first kappa shape index (κ1) is 15.9. The molecule has 5 nitrogen and oxygen atoms in total. The molecular formula is C3H11ClN2O3. The van der Waals surface area contributed by atoms with Gasteiger partial charge >= 0.3 is 0 Å². The average Bonchev–Trinajstić information content (AvgIpc) is 1.65. The summed E-state index contributed by atoms with van der Waals surface area (Å²) in [5, 5.41) is 8.08. The molecule has 0 rings (SSSR count). The minimum Gasteiger partial charge on any atom is -0.412 e. The predicted octanol–water partition coefficient (Wildman–Crippen LogP) is -2.61. The van der Waals surface area contributed by atoms with E-state index < -0.39 is 11.9 Å². The summed E-state index contributed by atoms with van der Waals surface area (Å²) in [6.45, 7) is -0.380. The van der Waals surface area contributed by atoms with Crippen molar-refractivity contribution in [3.8, 4) is 0 Å². The lowest BCUT2D eigenvalue weighted by molar-refractivity contribution is -0.120. The average molecular weight is 159 g/mol. The van der Waals surface area contributed by atoms with Crippen LogP contribution in [-0.4, -0.2) is 29.1 Å². The number of nitrogens with two attached hydrogens (primary N) is 2. The first-order valence-electron chi connectivity index (χ1n) is 1.84. The number of amides is 1. The number of rotatable bonds is 2. The van der Waals surface area contributed by atoms with Gasteiger partial charge in [0.1, 0.15) is 6.04 Å². The van der Waals surface area contributed by atoms with Crippen LogP contribution in [0.1, 0.15) is 0 Å². The third kappa shape index (κ3) is 7.64. The van der Waals surface area contributed by atoms with Crippen LogP contribution in [0.5, 0.6) is 0 Å². The monoisotopic (exact) mass is 158 g/mol. The summed E-state index contributed by atoms with van der Waals surface area (Å²) in [7, 11) is 0. The molecule has 6 heteroatoms. The normalized spacial score (nSPS) is 10.4. The summed E-state index contributed by atoms with van der Waals surface area (Å²) in [5.41, 5.74) is 9.51. The fourth-order valence-electron chi connectivity index (χ4n) is 0.0900. The van der Waals surface area contributed by atoms with Gasteiger partial charge in [-0.15, -0.1) is 12.4 Å². The quantitative estimate of drug-likeness (QED) is 0.408. The highest BCUT2D eigenvalue weighted by Gasteiger charge is 2.04. The number of carbonyl (C=O) groups excluding carboxylic acids is 1. The van der Waals surface area contributed by atoms with E-state index in [0.29, 0.717) is 0 Å². The van der Waals surface area contributed by atoms with E-state index in [9.17, 15) is 4.79 Å². The highest BCUT2D eigenvalue weighted by atomic mass is 35.5. The molecule has 0 aliphatic heterocycles. The Labute approximate surface area is 58.7 Å². The Kier molecular flexibility index (Phi) is 13.5. The molecule has 1 amide bonds. The Morgan fingerprint density at radius 3 is 2.00 bits per heavy atom. The van der Waals surface area contributed by atoms with Crippen molar-refractivity contribution >= 4 is 18.3 Å². The van der Waals surface area contributed by atoms with Gasteiger partial charge in [0.05, 0.1) is 6.61 Å². The smallest absolute Gasteiger partial charge is 0.236 e. The van der Waals surface area contributed by atoms with Crippen molar-refractivity contribution in [3.05, 3.63) is 0 Å². The summed E-state index contributed by atoms with van der Waals surface area (Å²) in [6.07, 6.45) is 0. The largest absolute Gasteiger partial charge is 0.412 e. The molecule has 0 radical (unpaired) electrons. The van der Waals surface area contributed by atoms with Crippen molar-refractivity contribution in [1.82, 2.24) is 0 Å². The van der Waals surface area contributed by atoms with Crippen LogP contribution in [0, 0.1) is 0 Å². The Balaban J connectivity index is -0.000000180. The maximum atomic E-state index is 9.87. The zero-order chi connectivity index (χ0) is 5.86.